The van der Waals surface area contributed by atoms with Crippen molar-refractivity contribution in [3.8, 4) is 0 Å². The van der Waals surface area contributed by atoms with Crippen LogP contribution in [0.2, 0.25) is 0 Å². The fourth-order valence-corrected chi connectivity index (χ4v) is 3.76. The topological polar surface area (TPSA) is 30.9 Å². The second-order valence-corrected chi connectivity index (χ2v) is 7.37. The summed E-state index contributed by atoms with van der Waals surface area (Å²) in [4.78, 5) is 9.38. The van der Waals surface area contributed by atoms with Gasteiger partial charge in [-0.25, -0.2) is 0 Å². The molecule has 132 valence electrons. The van der Waals surface area contributed by atoms with Gasteiger partial charge in [0, 0.05) is 33.2 Å². The lowest BCUT2D eigenvalue weighted by Crippen LogP contribution is -2.39. The molecule has 3 rings (SSSR count). The van der Waals surface area contributed by atoms with Gasteiger partial charge in [-0.1, -0.05) is 31.2 Å². The molecule has 2 aliphatic rings. The highest BCUT2D eigenvalue weighted by atomic mass is 15.3. The highest BCUT2D eigenvalue weighted by molar-refractivity contribution is 5.80. The van der Waals surface area contributed by atoms with Crippen LogP contribution in [-0.4, -0.2) is 49.0 Å². The van der Waals surface area contributed by atoms with Gasteiger partial charge in [-0.05, 0) is 55.8 Å². The van der Waals surface area contributed by atoms with Crippen molar-refractivity contribution in [2.45, 2.75) is 45.7 Å². The van der Waals surface area contributed by atoms with Gasteiger partial charge in [-0.2, -0.15) is 0 Å². The van der Waals surface area contributed by atoms with Crippen molar-refractivity contribution in [1.29, 1.82) is 0 Å². The number of likely N-dealkylation sites (tertiary alicyclic amines) is 2. The van der Waals surface area contributed by atoms with Gasteiger partial charge in [0.15, 0.2) is 5.96 Å². The zero-order valence-electron chi connectivity index (χ0n) is 15.3. The summed E-state index contributed by atoms with van der Waals surface area (Å²) in [6.45, 7) is 9.06. The minimum absolute atomic E-state index is 0.855. The SMILES string of the molecule is CN=C(NCc1cccc(CN2CCC(C)CC2)c1)N1CCCC1. The lowest BCUT2D eigenvalue weighted by atomic mass is 9.98. The van der Waals surface area contributed by atoms with E-state index in [4.69, 9.17) is 0 Å². The van der Waals surface area contributed by atoms with Crippen molar-refractivity contribution in [3.63, 3.8) is 0 Å². The maximum atomic E-state index is 4.43. The maximum Gasteiger partial charge on any atom is 0.193 e. The summed E-state index contributed by atoms with van der Waals surface area (Å²) in [6, 6.07) is 9.02. The standard InChI is InChI=1S/C20H32N4/c1-17-8-12-23(13-9-17)16-19-7-5-6-18(14-19)15-22-20(21-2)24-10-3-4-11-24/h5-7,14,17H,3-4,8-13,15-16H2,1-2H3,(H,21,22). The van der Waals surface area contributed by atoms with Crippen LogP contribution in [0.3, 0.4) is 0 Å². The Balaban J connectivity index is 1.53. The van der Waals surface area contributed by atoms with E-state index in [0.717, 1.165) is 38.1 Å². The Kier molecular flexibility index (Phi) is 6.13. The summed E-state index contributed by atoms with van der Waals surface area (Å²) < 4.78 is 0. The molecule has 1 aromatic rings. The van der Waals surface area contributed by atoms with Crippen molar-refractivity contribution >= 4 is 5.96 Å². The number of benzene rings is 1. The first kappa shape index (κ1) is 17.3. The van der Waals surface area contributed by atoms with Gasteiger partial charge in [0.05, 0.1) is 0 Å². The molecular weight excluding hydrogens is 296 g/mol. The molecule has 1 N–H and O–H groups in total. The van der Waals surface area contributed by atoms with Crippen LogP contribution in [0.1, 0.15) is 43.7 Å². The third-order valence-electron chi connectivity index (χ3n) is 5.34. The molecule has 2 saturated heterocycles. The highest BCUT2D eigenvalue weighted by Gasteiger charge is 2.17. The zero-order chi connectivity index (χ0) is 16.8. The number of guanidine groups is 1. The molecule has 4 heteroatoms. The smallest absolute Gasteiger partial charge is 0.193 e. The quantitative estimate of drug-likeness (QED) is 0.681. The Hall–Kier alpha value is -1.55. The average Bonchev–Trinajstić information content (AvgIpc) is 3.12. The molecule has 0 bridgehead atoms. The molecule has 0 spiro atoms. The minimum atomic E-state index is 0.855. The van der Waals surface area contributed by atoms with Gasteiger partial charge in [-0.15, -0.1) is 0 Å². The van der Waals surface area contributed by atoms with E-state index in [1.54, 1.807) is 0 Å². The number of hydrogen-bond donors (Lipinski definition) is 1. The van der Waals surface area contributed by atoms with Crippen LogP contribution < -0.4 is 5.32 Å². The molecule has 2 heterocycles. The number of nitrogens with zero attached hydrogens (tertiary/aromatic N) is 3. The van der Waals surface area contributed by atoms with E-state index in [0.29, 0.717) is 0 Å². The fraction of sp³-hybridized carbons (Fsp3) is 0.650. The van der Waals surface area contributed by atoms with Gasteiger partial charge in [0.25, 0.3) is 0 Å². The van der Waals surface area contributed by atoms with Gasteiger partial charge in [0.2, 0.25) is 0 Å². The molecular formula is C20H32N4. The molecule has 0 unspecified atom stereocenters. The number of rotatable bonds is 4. The molecule has 0 atom stereocenters. The summed E-state index contributed by atoms with van der Waals surface area (Å²) >= 11 is 0. The molecule has 0 radical (unpaired) electrons. The molecule has 2 aliphatic heterocycles. The molecule has 0 aromatic heterocycles. The summed E-state index contributed by atoms with van der Waals surface area (Å²) in [7, 11) is 1.88. The summed E-state index contributed by atoms with van der Waals surface area (Å²) in [5.41, 5.74) is 2.78. The predicted octanol–water partition coefficient (Wildman–Crippen LogP) is 3.09. The summed E-state index contributed by atoms with van der Waals surface area (Å²) in [5.74, 6) is 1.94. The van der Waals surface area contributed by atoms with E-state index >= 15 is 0 Å². The summed E-state index contributed by atoms with van der Waals surface area (Å²) in [5, 5.41) is 3.53. The van der Waals surface area contributed by atoms with Crippen molar-refractivity contribution in [3.05, 3.63) is 35.4 Å². The maximum absolute atomic E-state index is 4.43. The van der Waals surface area contributed by atoms with E-state index < -0.39 is 0 Å². The van der Waals surface area contributed by atoms with Gasteiger partial charge in [0.1, 0.15) is 0 Å². The first-order valence-corrected chi connectivity index (χ1v) is 9.50. The molecule has 0 amide bonds. The van der Waals surface area contributed by atoms with E-state index in [1.807, 2.05) is 7.05 Å². The second-order valence-electron chi connectivity index (χ2n) is 7.37. The Bertz CT molecular complexity index is 540. The van der Waals surface area contributed by atoms with Crippen LogP contribution in [0.5, 0.6) is 0 Å². The highest BCUT2D eigenvalue weighted by Crippen LogP contribution is 2.18. The summed E-state index contributed by atoms with van der Waals surface area (Å²) in [6.07, 6.45) is 5.25. The fourth-order valence-electron chi connectivity index (χ4n) is 3.76. The lowest BCUT2D eigenvalue weighted by Gasteiger charge is -2.30. The van der Waals surface area contributed by atoms with Crippen molar-refractivity contribution in [1.82, 2.24) is 15.1 Å². The van der Waals surface area contributed by atoms with Crippen LogP contribution in [0.25, 0.3) is 0 Å². The first-order chi connectivity index (χ1) is 11.7. The second kappa shape index (κ2) is 8.52. The molecule has 4 nitrogen and oxygen atoms in total. The van der Waals surface area contributed by atoms with Gasteiger partial charge >= 0.3 is 0 Å². The lowest BCUT2D eigenvalue weighted by molar-refractivity contribution is 0.185. The monoisotopic (exact) mass is 328 g/mol. The van der Waals surface area contributed by atoms with Crippen LogP contribution in [-0.2, 0) is 13.1 Å². The van der Waals surface area contributed by atoms with Crippen LogP contribution in [0.15, 0.2) is 29.3 Å². The van der Waals surface area contributed by atoms with Crippen molar-refractivity contribution in [2.75, 3.05) is 33.2 Å². The Morgan fingerprint density at radius 3 is 2.54 bits per heavy atom. The Labute approximate surface area is 146 Å². The number of aliphatic imine (C=N–C) groups is 1. The van der Waals surface area contributed by atoms with E-state index in [1.165, 1.54) is 49.9 Å². The van der Waals surface area contributed by atoms with Crippen molar-refractivity contribution < 1.29 is 0 Å². The van der Waals surface area contributed by atoms with E-state index in [2.05, 4.69) is 51.3 Å². The first-order valence-electron chi connectivity index (χ1n) is 9.50. The van der Waals surface area contributed by atoms with E-state index in [-0.39, 0.29) is 0 Å². The third-order valence-corrected chi connectivity index (χ3v) is 5.34. The van der Waals surface area contributed by atoms with Gasteiger partial charge < -0.3 is 10.2 Å². The molecule has 0 saturated carbocycles. The Morgan fingerprint density at radius 2 is 1.83 bits per heavy atom. The largest absolute Gasteiger partial charge is 0.352 e. The Morgan fingerprint density at radius 1 is 1.12 bits per heavy atom. The number of hydrogen-bond acceptors (Lipinski definition) is 2. The van der Waals surface area contributed by atoms with Gasteiger partial charge in [-0.3, -0.25) is 9.89 Å². The predicted molar refractivity (Wildman–Crippen MR) is 101 cm³/mol. The van der Waals surface area contributed by atoms with Crippen LogP contribution >= 0.6 is 0 Å². The van der Waals surface area contributed by atoms with Crippen LogP contribution in [0.4, 0.5) is 0 Å². The molecule has 2 fully saturated rings. The molecule has 1 aromatic carbocycles. The molecule has 0 aliphatic carbocycles. The molecule has 24 heavy (non-hydrogen) atoms. The van der Waals surface area contributed by atoms with Crippen molar-refractivity contribution in [2.24, 2.45) is 10.9 Å². The van der Waals surface area contributed by atoms with Crippen LogP contribution in [0, 0.1) is 5.92 Å². The average molecular weight is 329 g/mol. The number of piperidine rings is 1. The normalized spacial score (nSPS) is 20.6. The number of nitrogens with one attached hydrogen (secondary N) is 1. The van der Waals surface area contributed by atoms with E-state index in [9.17, 15) is 0 Å². The zero-order valence-corrected chi connectivity index (χ0v) is 15.3. The minimum Gasteiger partial charge on any atom is -0.352 e. The third kappa shape index (κ3) is 4.73.